The molecular formula is C10H16N2O2. The molecule has 78 valence electrons. The minimum Gasteiger partial charge on any atom is -0.374 e. The summed E-state index contributed by atoms with van der Waals surface area (Å²) in [5.74, 6) is 0.264. The van der Waals surface area contributed by atoms with E-state index in [0.29, 0.717) is 25.8 Å². The van der Waals surface area contributed by atoms with Crippen molar-refractivity contribution in [2.75, 3.05) is 19.8 Å². The average Bonchev–Trinajstić information content (AvgIpc) is 2.68. The number of carbonyl (C=O) groups excluding carboxylic acids is 1. The third-order valence-electron chi connectivity index (χ3n) is 3.67. The molecule has 4 heteroatoms. The van der Waals surface area contributed by atoms with Crippen molar-refractivity contribution >= 4 is 5.91 Å². The fourth-order valence-electron chi connectivity index (χ4n) is 2.90. The highest BCUT2D eigenvalue weighted by atomic mass is 16.5. The average molecular weight is 196 g/mol. The van der Waals surface area contributed by atoms with E-state index in [0.717, 1.165) is 0 Å². The maximum absolute atomic E-state index is 11.8. The quantitative estimate of drug-likeness (QED) is 0.646. The first-order valence-electron chi connectivity index (χ1n) is 5.47. The Bertz CT molecular complexity index is 257. The molecule has 1 saturated carbocycles. The van der Waals surface area contributed by atoms with Crippen LogP contribution in [-0.4, -0.2) is 42.3 Å². The largest absolute Gasteiger partial charge is 0.374 e. The number of amides is 1. The molecule has 14 heavy (non-hydrogen) atoms. The van der Waals surface area contributed by atoms with E-state index in [4.69, 9.17) is 4.74 Å². The van der Waals surface area contributed by atoms with Gasteiger partial charge in [0.25, 0.3) is 0 Å². The number of rotatable bonds is 1. The molecule has 0 aromatic heterocycles. The van der Waals surface area contributed by atoms with Crippen LogP contribution in [-0.2, 0) is 9.53 Å². The summed E-state index contributed by atoms with van der Waals surface area (Å²) >= 11 is 0. The monoisotopic (exact) mass is 196 g/mol. The van der Waals surface area contributed by atoms with Crippen molar-refractivity contribution in [2.45, 2.75) is 37.4 Å². The maximum atomic E-state index is 11.8. The molecule has 1 aliphatic carbocycles. The number of hydrogen-bond donors (Lipinski definition) is 1. The maximum Gasteiger partial charge on any atom is 0.238 e. The van der Waals surface area contributed by atoms with Gasteiger partial charge in [-0.2, -0.15) is 0 Å². The van der Waals surface area contributed by atoms with E-state index >= 15 is 0 Å². The lowest BCUT2D eigenvalue weighted by molar-refractivity contribution is -0.164. The number of nitrogens with zero attached hydrogens (tertiary/aromatic N) is 1. The van der Waals surface area contributed by atoms with Crippen LogP contribution in [0.3, 0.4) is 0 Å². The highest BCUT2D eigenvalue weighted by Gasteiger charge is 2.53. The Labute approximate surface area is 83.6 Å². The van der Waals surface area contributed by atoms with E-state index in [2.05, 4.69) is 10.2 Å². The predicted octanol–water partition coefficient (Wildman–Crippen LogP) is 0.0873. The van der Waals surface area contributed by atoms with Gasteiger partial charge in [0.1, 0.15) is 5.66 Å². The molecule has 4 nitrogen and oxygen atoms in total. The third kappa shape index (κ3) is 1.04. The van der Waals surface area contributed by atoms with E-state index in [-0.39, 0.29) is 11.6 Å². The molecule has 1 spiro atoms. The minimum absolute atomic E-state index is 0.119. The van der Waals surface area contributed by atoms with Crippen molar-refractivity contribution < 1.29 is 9.53 Å². The molecule has 0 bridgehead atoms. The van der Waals surface area contributed by atoms with Crippen LogP contribution in [0, 0.1) is 0 Å². The van der Waals surface area contributed by atoms with E-state index < -0.39 is 0 Å². The highest BCUT2D eigenvalue weighted by molar-refractivity contribution is 5.82. The molecule has 2 saturated heterocycles. The number of hydrogen-bond acceptors (Lipinski definition) is 3. The van der Waals surface area contributed by atoms with Crippen LogP contribution in [0.4, 0.5) is 0 Å². The molecule has 0 unspecified atom stereocenters. The van der Waals surface area contributed by atoms with Crippen molar-refractivity contribution in [3.8, 4) is 0 Å². The zero-order valence-corrected chi connectivity index (χ0v) is 8.29. The van der Waals surface area contributed by atoms with Gasteiger partial charge in [-0.15, -0.1) is 0 Å². The fraction of sp³-hybridized carbons (Fsp3) is 0.900. The van der Waals surface area contributed by atoms with Gasteiger partial charge in [0.2, 0.25) is 5.91 Å². The van der Waals surface area contributed by atoms with E-state index in [9.17, 15) is 4.79 Å². The summed E-state index contributed by atoms with van der Waals surface area (Å²) in [6.07, 6.45) is 4.89. The molecule has 0 atom stereocenters. The second kappa shape index (κ2) is 2.94. The SMILES string of the molecule is O=C1CNC2(COC2)N1C1CCCC1. The second-order valence-electron chi connectivity index (χ2n) is 4.58. The Hall–Kier alpha value is -0.610. The Morgan fingerprint density at radius 2 is 2.07 bits per heavy atom. The Kier molecular flexibility index (Phi) is 1.82. The molecule has 3 rings (SSSR count). The predicted molar refractivity (Wildman–Crippen MR) is 50.7 cm³/mol. The standard InChI is InChI=1S/C10H16N2O2/c13-9-5-11-10(6-14-7-10)12(9)8-3-1-2-4-8/h8,11H,1-7H2. The summed E-state index contributed by atoms with van der Waals surface area (Å²) < 4.78 is 5.24. The topological polar surface area (TPSA) is 41.6 Å². The van der Waals surface area contributed by atoms with Crippen molar-refractivity contribution in [3.05, 3.63) is 0 Å². The minimum atomic E-state index is -0.119. The van der Waals surface area contributed by atoms with Crippen LogP contribution in [0.15, 0.2) is 0 Å². The first-order chi connectivity index (χ1) is 6.82. The first-order valence-corrected chi connectivity index (χ1v) is 5.47. The van der Waals surface area contributed by atoms with Crippen molar-refractivity contribution in [3.63, 3.8) is 0 Å². The van der Waals surface area contributed by atoms with Gasteiger partial charge in [0, 0.05) is 6.04 Å². The number of ether oxygens (including phenoxy) is 1. The van der Waals surface area contributed by atoms with Gasteiger partial charge >= 0.3 is 0 Å². The molecule has 2 aliphatic heterocycles. The van der Waals surface area contributed by atoms with Crippen molar-refractivity contribution in [1.82, 2.24) is 10.2 Å². The molecule has 0 radical (unpaired) electrons. The highest BCUT2D eigenvalue weighted by Crippen LogP contribution is 2.34. The van der Waals surface area contributed by atoms with Crippen LogP contribution < -0.4 is 5.32 Å². The van der Waals surface area contributed by atoms with Gasteiger partial charge in [0.05, 0.1) is 19.8 Å². The van der Waals surface area contributed by atoms with Gasteiger partial charge in [-0.1, -0.05) is 12.8 Å². The lowest BCUT2D eigenvalue weighted by atomic mass is 10.0. The third-order valence-corrected chi connectivity index (χ3v) is 3.67. The van der Waals surface area contributed by atoms with Crippen molar-refractivity contribution in [1.29, 1.82) is 0 Å². The summed E-state index contributed by atoms with van der Waals surface area (Å²) in [4.78, 5) is 13.9. The van der Waals surface area contributed by atoms with Crippen LogP contribution in [0.2, 0.25) is 0 Å². The Balaban J connectivity index is 1.83. The lowest BCUT2D eigenvalue weighted by Crippen LogP contribution is -2.67. The second-order valence-corrected chi connectivity index (χ2v) is 4.58. The Morgan fingerprint density at radius 1 is 1.36 bits per heavy atom. The number of carbonyl (C=O) groups is 1. The van der Waals surface area contributed by atoms with E-state index in [1.54, 1.807) is 0 Å². The summed E-state index contributed by atoms with van der Waals surface area (Å²) in [6, 6.07) is 0.474. The van der Waals surface area contributed by atoms with Crippen LogP contribution in [0.5, 0.6) is 0 Å². The molecule has 2 heterocycles. The lowest BCUT2D eigenvalue weighted by Gasteiger charge is -2.47. The molecule has 0 aromatic carbocycles. The molecule has 0 aromatic rings. The summed E-state index contributed by atoms with van der Waals surface area (Å²) in [5, 5.41) is 3.30. The van der Waals surface area contributed by atoms with Gasteiger partial charge in [0.15, 0.2) is 0 Å². The summed E-state index contributed by atoms with van der Waals surface area (Å²) in [5.41, 5.74) is -0.119. The molecular weight excluding hydrogens is 180 g/mol. The summed E-state index contributed by atoms with van der Waals surface area (Å²) in [7, 11) is 0. The molecule has 3 fully saturated rings. The fourth-order valence-corrected chi connectivity index (χ4v) is 2.90. The molecule has 1 amide bonds. The Morgan fingerprint density at radius 3 is 2.64 bits per heavy atom. The van der Waals surface area contributed by atoms with Crippen LogP contribution in [0.25, 0.3) is 0 Å². The van der Waals surface area contributed by atoms with Gasteiger partial charge in [-0.3, -0.25) is 10.1 Å². The van der Waals surface area contributed by atoms with Gasteiger partial charge in [-0.25, -0.2) is 0 Å². The van der Waals surface area contributed by atoms with Gasteiger partial charge in [-0.05, 0) is 12.8 Å². The molecule has 3 aliphatic rings. The normalized spacial score (nSPS) is 31.4. The molecule has 1 N–H and O–H groups in total. The van der Waals surface area contributed by atoms with E-state index in [1.807, 2.05) is 0 Å². The number of nitrogens with one attached hydrogen (secondary N) is 1. The van der Waals surface area contributed by atoms with Crippen molar-refractivity contribution in [2.24, 2.45) is 0 Å². The zero-order valence-electron chi connectivity index (χ0n) is 8.29. The summed E-state index contributed by atoms with van der Waals surface area (Å²) in [6.45, 7) is 1.85. The zero-order chi connectivity index (χ0) is 9.60. The van der Waals surface area contributed by atoms with Gasteiger partial charge < -0.3 is 9.64 Å². The smallest absolute Gasteiger partial charge is 0.238 e. The van der Waals surface area contributed by atoms with E-state index in [1.165, 1.54) is 25.7 Å². The van der Waals surface area contributed by atoms with Crippen LogP contribution >= 0.6 is 0 Å². The first kappa shape index (κ1) is 8.68. The van der Waals surface area contributed by atoms with Crippen LogP contribution in [0.1, 0.15) is 25.7 Å².